The molecule has 2 N–H and O–H groups in total. The zero-order chi connectivity index (χ0) is 10.8. The van der Waals surface area contributed by atoms with Gasteiger partial charge in [-0.1, -0.05) is 6.08 Å². The Labute approximate surface area is 83.9 Å². The second-order valence-corrected chi connectivity index (χ2v) is 4.36. The fourth-order valence-corrected chi connectivity index (χ4v) is 1.05. The molecule has 0 fully saturated rings. The molecule has 0 saturated heterocycles. The average molecular weight is 199 g/mol. The van der Waals surface area contributed by atoms with Crippen molar-refractivity contribution in [1.29, 1.82) is 0 Å². The molecule has 0 aromatic heterocycles. The molecule has 0 heterocycles. The molecule has 0 aliphatic heterocycles. The summed E-state index contributed by atoms with van der Waals surface area (Å²) in [4.78, 5) is 11.3. The van der Waals surface area contributed by atoms with Gasteiger partial charge in [0, 0.05) is 0 Å². The van der Waals surface area contributed by atoms with Crippen LogP contribution in [0.4, 0.5) is 4.79 Å². The third kappa shape index (κ3) is 3.79. The Morgan fingerprint density at radius 3 is 2.64 bits per heavy atom. The Morgan fingerprint density at radius 2 is 2.29 bits per heavy atom. The van der Waals surface area contributed by atoms with Crippen LogP contribution in [-0.2, 0) is 4.74 Å². The molecule has 0 aromatic carbocycles. The summed E-state index contributed by atoms with van der Waals surface area (Å²) in [5.74, 6) is 0. The maximum Gasteiger partial charge on any atom is 0.408 e. The number of hydrogen-bond acceptors (Lipinski definition) is 3. The van der Waals surface area contributed by atoms with E-state index in [1.165, 1.54) is 0 Å². The Hall–Kier alpha value is -1.03. The summed E-state index contributed by atoms with van der Waals surface area (Å²) in [6, 6.07) is -0.273. The fraction of sp³-hybridized carbons (Fsp3) is 0.700. The lowest BCUT2D eigenvalue weighted by Crippen LogP contribution is -2.40. The van der Waals surface area contributed by atoms with Crippen molar-refractivity contribution >= 4 is 6.09 Å². The number of hydrogen-bond donors (Lipinski definition) is 2. The molecule has 1 aliphatic carbocycles. The lowest BCUT2D eigenvalue weighted by Gasteiger charge is -2.21. The molecule has 0 saturated carbocycles. The van der Waals surface area contributed by atoms with E-state index in [1.807, 2.05) is 6.08 Å². The van der Waals surface area contributed by atoms with Crippen LogP contribution < -0.4 is 5.32 Å². The van der Waals surface area contributed by atoms with Gasteiger partial charge in [0.15, 0.2) is 0 Å². The second kappa shape index (κ2) is 4.00. The van der Waals surface area contributed by atoms with Crippen LogP contribution in [0.3, 0.4) is 0 Å². The van der Waals surface area contributed by atoms with Crippen molar-refractivity contribution in [2.45, 2.75) is 38.8 Å². The van der Waals surface area contributed by atoms with Crippen molar-refractivity contribution in [3.8, 4) is 0 Å². The topological polar surface area (TPSA) is 58.6 Å². The van der Waals surface area contributed by atoms with Crippen molar-refractivity contribution in [3.05, 3.63) is 11.6 Å². The molecule has 1 amide bonds. The number of carbonyl (C=O) groups is 1. The third-order valence-corrected chi connectivity index (χ3v) is 1.76. The van der Waals surface area contributed by atoms with E-state index < -0.39 is 11.7 Å². The van der Waals surface area contributed by atoms with Gasteiger partial charge in [0.05, 0.1) is 12.6 Å². The van der Waals surface area contributed by atoms with Crippen molar-refractivity contribution in [3.63, 3.8) is 0 Å². The first-order chi connectivity index (χ1) is 6.42. The molecule has 1 rings (SSSR count). The number of ether oxygens (including phenoxy) is 1. The molecule has 0 radical (unpaired) electrons. The van der Waals surface area contributed by atoms with Crippen LogP contribution in [-0.4, -0.2) is 29.4 Å². The zero-order valence-corrected chi connectivity index (χ0v) is 8.83. The first-order valence-electron chi connectivity index (χ1n) is 4.71. The van der Waals surface area contributed by atoms with Gasteiger partial charge in [-0.15, -0.1) is 0 Å². The lowest BCUT2D eigenvalue weighted by molar-refractivity contribution is 0.0496. The number of amides is 1. The van der Waals surface area contributed by atoms with Crippen LogP contribution >= 0.6 is 0 Å². The van der Waals surface area contributed by atoms with Gasteiger partial charge in [0.2, 0.25) is 0 Å². The summed E-state index contributed by atoms with van der Waals surface area (Å²) >= 11 is 0. The van der Waals surface area contributed by atoms with E-state index in [0.29, 0.717) is 0 Å². The van der Waals surface area contributed by atoms with E-state index >= 15 is 0 Å². The molecule has 80 valence electrons. The smallest absolute Gasteiger partial charge is 0.408 e. The maximum absolute atomic E-state index is 11.3. The highest BCUT2D eigenvalue weighted by molar-refractivity contribution is 5.69. The van der Waals surface area contributed by atoms with E-state index in [4.69, 9.17) is 9.84 Å². The molecule has 0 aromatic rings. The standard InChI is InChI=1S/C10H17NO3/c1-10(2,3)14-9(13)11-8(6-12)7-4-5-7/h4,8,12H,5-6H2,1-3H3,(H,11,13)/t8-/m1/s1. The van der Waals surface area contributed by atoms with Gasteiger partial charge in [-0.05, 0) is 32.8 Å². The SMILES string of the molecule is CC(C)(C)OC(=O)N[C@H](CO)C1=CC1. The van der Waals surface area contributed by atoms with Gasteiger partial charge >= 0.3 is 6.09 Å². The number of rotatable bonds is 3. The van der Waals surface area contributed by atoms with E-state index in [-0.39, 0.29) is 12.6 Å². The van der Waals surface area contributed by atoms with Crippen LogP contribution in [0, 0.1) is 0 Å². The van der Waals surface area contributed by atoms with Crippen molar-refractivity contribution < 1.29 is 14.6 Å². The van der Waals surface area contributed by atoms with Crippen LogP contribution in [0.25, 0.3) is 0 Å². The predicted molar refractivity (Wildman–Crippen MR) is 52.9 cm³/mol. The second-order valence-electron chi connectivity index (χ2n) is 4.36. The summed E-state index contributed by atoms with van der Waals surface area (Å²) < 4.78 is 5.06. The van der Waals surface area contributed by atoms with Crippen LogP contribution in [0.5, 0.6) is 0 Å². The van der Waals surface area contributed by atoms with Crippen LogP contribution in [0.15, 0.2) is 11.6 Å². The monoisotopic (exact) mass is 199 g/mol. The van der Waals surface area contributed by atoms with E-state index in [0.717, 1.165) is 12.0 Å². The first kappa shape index (κ1) is 11.0. The molecule has 4 nitrogen and oxygen atoms in total. The highest BCUT2D eigenvalue weighted by atomic mass is 16.6. The number of aliphatic hydroxyl groups is 1. The van der Waals surface area contributed by atoms with E-state index in [2.05, 4.69) is 5.32 Å². The van der Waals surface area contributed by atoms with Gasteiger partial charge < -0.3 is 15.2 Å². The summed E-state index contributed by atoms with van der Waals surface area (Å²) in [6.45, 7) is 5.33. The van der Waals surface area contributed by atoms with Gasteiger partial charge in [-0.2, -0.15) is 0 Å². The molecule has 1 atom stereocenters. The number of aliphatic hydroxyl groups excluding tert-OH is 1. The Kier molecular flexibility index (Phi) is 3.16. The van der Waals surface area contributed by atoms with Crippen molar-refractivity contribution in [1.82, 2.24) is 5.32 Å². The maximum atomic E-state index is 11.3. The normalized spacial score (nSPS) is 17.0. The Morgan fingerprint density at radius 1 is 1.71 bits per heavy atom. The van der Waals surface area contributed by atoms with Gasteiger partial charge in [0.1, 0.15) is 5.60 Å². The lowest BCUT2D eigenvalue weighted by atomic mass is 10.2. The molecule has 14 heavy (non-hydrogen) atoms. The van der Waals surface area contributed by atoms with Crippen LogP contribution in [0.1, 0.15) is 27.2 Å². The summed E-state index contributed by atoms with van der Waals surface area (Å²) in [6.07, 6.45) is 2.36. The molecule has 1 aliphatic rings. The minimum Gasteiger partial charge on any atom is -0.444 e. The predicted octanol–water partition coefficient (Wildman–Crippen LogP) is 1.20. The number of nitrogens with one attached hydrogen (secondary N) is 1. The van der Waals surface area contributed by atoms with E-state index in [1.54, 1.807) is 20.8 Å². The quantitative estimate of drug-likeness (QED) is 0.671. The highest BCUT2D eigenvalue weighted by Crippen LogP contribution is 2.22. The van der Waals surface area contributed by atoms with Crippen molar-refractivity contribution in [2.75, 3.05) is 6.61 Å². The minimum atomic E-state index is -0.498. The highest BCUT2D eigenvalue weighted by Gasteiger charge is 2.24. The number of carbonyl (C=O) groups excluding carboxylic acids is 1. The van der Waals surface area contributed by atoms with Crippen molar-refractivity contribution in [2.24, 2.45) is 0 Å². The molecular formula is C10H17NO3. The molecule has 0 spiro atoms. The van der Waals surface area contributed by atoms with Crippen LogP contribution in [0.2, 0.25) is 0 Å². The third-order valence-electron chi connectivity index (χ3n) is 1.76. The van der Waals surface area contributed by atoms with E-state index in [9.17, 15) is 4.79 Å². The van der Waals surface area contributed by atoms with Gasteiger partial charge in [0.25, 0.3) is 0 Å². The summed E-state index contributed by atoms with van der Waals surface area (Å²) in [7, 11) is 0. The van der Waals surface area contributed by atoms with Gasteiger partial charge in [-0.25, -0.2) is 4.79 Å². The average Bonchev–Trinajstić information content (AvgIpc) is 2.78. The number of allylic oxidation sites excluding steroid dienone is 1. The zero-order valence-electron chi connectivity index (χ0n) is 8.83. The number of alkyl carbamates (subject to hydrolysis) is 1. The molecule has 0 unspecified atom stereocenters. The molecule has 0 bridgehead atoms. The molecular weight excluding hydrogens is 182 g/mol. The Bertz CT molecular complexity index is 253. The largest absolute Gasteiger partial charge is 0.444 e. The summed E-state index contributed by atoms with van der Waals surface area (Å²) in [5.41, 5.74) is 0.570. The minimum absolute atomic E-state index is 0.0783. The molecule has 4 heteroatoms. The summed E-state index contributed by atoms with van der Waals surface area (Å²) in [5, 5.41) is 11.6. The first-order valence-corrected chi connectivity index (χ1v) is 4.71. The van der Waals surface area contributed by atoms with Gasteiger partial charge in [-0.3, -0.25) is 0 Å². The Balaban J connectivity index is 2.35. The fourth-order valence-electron chi connectivity index (χ4n) is 1.05.